The topological polar surface area (TPSA) is 81.5 Å². The van der Waals surface area contributed by atoms with Gasteiger partial charge in [-0.15, -0.1) is 0 Å². The normalized spacial score (nSPS) is 14.4. The van der Waals surface area contributed by atoms with Crippen molar-refractivity contribution in [2.45, 2.75) is 45.3 Å². The van der Waals surface area contributed by atoms with Crippen molar-refractivity contribution in [2.75, 3.05) is 13.1 Å². The van der Waals surface area contributed by atoms with E-state index < -0.39 is 12.1 Å². The molecule has 0 spiro atoms. The Balaban J connectivity index is 1.52. The van der Waals surface area contributed by atoms with Crippen LogP contribution in [0.25, 0.3) is 11.0 Å². The highest BCUT2D eigenvalue weighted by Crippen LogP contribution is 2.18. The number of hydrogen-bond donors (Lipinski definition) is 0. The number of carbonyl (C=O) groups is 2. The lowest BCUT2D eigenvalue weighted by molar-refractivity contribution is -0.158. The van der Waals surface area contributed by atoms with Crippen molar-refractivity contribution in [1.29, 1.82) is 0 Å². The molecule has 1 amide bonds. The number of halogens is 1. The second-order valence-corrected chi connectivity index (χ2v) is 8.67. The molecular formula is C25H26ClN3O4. The van der Waals surface area contributed by atoms with E-state index in [1.54, 1.807) is 34.6 Å². The molecule has 0 saturated carbocycles. The maximum absolute atomic E-state index is 13.2. The van der Waals surface area contributed by atoms with Gasteiger partial charge in [0.1, 0.15) is 5.69 Å². The Hall–Kier alpha value is -3.19. The van der Waals surface area contributed by atoms with E-state index in [9.17, 15) is 14.4 Å². The number of benzene rings is 2. The van der Waals surface area contributed by atoms with Crippen LogP contribution in [0.4, 0.5) is 0 Å². The monoisotopic (exact) mass is 467 g/mol. The van der Waals surface area contributed by atoms with Crippen LogP contribution in [0.1, 0.15) is 37.4 Å². The van der Waals surface area contributed by atoms with Crippen molar-refractivity contribution in [3.63, 3.8) is 0 Å². The molecule has 0 aliphatic carbocycles. The van der Waals surface area contributed by atoms with E-state index in [1.807, 2.05) is 30.3 Å². The van der Waals surface area contributed by atoms with E-state index >= 15 is 0 Å². The van der Waals surface area contributed by atoms with Crippen LogP contribution in [-0.2, 0) is 27.3 Å². The van der Waals surface area contributed by atoms with Gasteiger partial charge in [0.05, 0.1) is 24.0 Å². The van der Waals surface area contributed by atoms with E-state index in [4.69, 9.17) is 16.3 Å². The van der Waals surface area contributed by atoms with Gasteiger partial charge in [0.15, 0.2) is 6.10 Å². The summed E-state index contributed by atoms with van der Waals surface area (Å²) in [5.74, 6) is -0.707. The highest BCUT2D eigenvalue weighted by molar-refractivity contribution is 6.31. The van der Waals surface area contributed by atoms with Crippen molar-refractivity contribution in [3.8, 4) is 0 Å². The number of hydrogen-bond acceptors (Lipinski definition) is 5. The largest absolute Gasteiger partial charge is 0.453 e. The highest BCUT2D eigenvalue weighted by Gasteiger charge is 2.26. The number of likely N-dealkylation sites (tertiary alicyclic amines) is 1. The summed E-state index contributed by atoms with van der Waals surface area (Å²) in [6.45, 7) is 3.36. The van der Waals surface area contributed by atoms with Gasteiger partial charge in [-0.1, -0.05) is 41.9 Å². The van der Waals surface area contributed by atoms with E-state index in [-0.39, 0.29) is 30.0 Å². The minimum atomic E-state index is -0.839. The molecule has 0 radical (unpaired) electrons. The third kappa shape index (κ3) is 5.42. The SMILES string of the molecule is C[C@@H](OC(=O)CCc1nc2cc(Cl)ccc2n(Cc2ccccc2)c1=O)C(=O)N1CCCC1. The summed E-state index contributed by atoms with van der Waals surface area (Å²) < 4.78 is 6.98. The molecule has 1 aromatic heterocycles. The first-order valence-electron chi connectivity index (χ1n) is 11.1. The van der Waals surface area contributed by atoms with E-state index in [0.29, 0.717) is 35.7 Å². The summed E-state index contributed by atoms with van der Waals surface area (Å²) in [4.78, 5) is 44.2. The van der Waals surface area contributed by atoms with Crippen molar-refractivity contribution >= 4 is 34.5 Å². The number of aromatic nitrogens is 2. The smallest absolute Gasteiger partial charge is 0.306 e. The first-order valence-corrected chi connectivity index (χ1v) is 11.5. The van der Waals surface area contributed by atoms with E-state index in [2.05, 4.69) is 4.98 Å². The second-order valence-electron chi connectivity index (χ2n) is 8.23. The number of amides is 1. The minimum absolute atomic E-state index is 0.0444. The van der Waals surface area contributed by atoms with Gasteiger partial charge >= 0.3 is 5.97 Å². The van der Waals surface area contributed by atoms with Crippen LogP contribution in [0, 0.1) is 0 Å². The van der Waals surface area contributed by atoms with Crippen molar-refractivity contribution < 1.29 is 14.3 Å². The zero-order valence-corrected chi connectivity index (χ0v) is 19.3. The molecule has 0 bridgehead atoms. The number of nitrogens with zero attached hydrogens (tertiary/aromatic N) is 3. The van der Waals surface area contributed by atoms with Crippen molar-refractivity contribution in [3.05, 3.63) is 75.2 Å². The first-order chi connectivity index (χ1) is 15.9. The molecule has 3 aromatic rings. The van der Waals surface area contributed by atoms with Gasteiger partial charge in [0.2, 0.25) is 0 Å². The zero-order valence-electron chi connectivity index (χ0n) is 18.5. The summed E-state index contributed by atoms with van der Waals surface area (Å²) in [7, 11) is 0. The molecule has 2 heterocycles. The molecule has 1 aliphatic rings. The van der Waals surface area contributed by atoms with Gasteiger partial charge in [-0.2, -0.15) is 0 Å². The maximum atomic E-state index is 13.2. The highest BCUT2D eigenvalue weighted by atomic mass is 35.5. The van der Waals surface area contributed by atoms with Crippen LogP contribution in [0.5, 0.6) is 0 Å². The molecule has 4 rings (SSSR count). The number of rotatable bonds is 7. The number of ether oxygens (including phenoxy) is 1. The van der Waals surface area contributed by atoms with Crippen LogP contribution in [0.2, 0.25) is 5.02 Å². The molecule has 8 heteroatoms. The third-order valence-corrected chi connectivity index (χ3v) is 6.03. The van der Waals surface area contributed by atoms with Crippen LogP contribution >= 0.6 is 11.6 Å². The lowest BCUT2D eigenvalue weighted by Gasteiger charge is -2.20. The van der Waals surface area contributed by atoms with Gasteiger partial charge in [0.25, 0.3) is 11.5 Å². The fourth-order valence-electron chi connectivity index (χ4n) is 4.08. The van der Waals surface area contributed by atoms with E-state index in [0.717, 1.165) is 18.4 Å². The standard InChI is InChI=1S/C25H26ClN3O4/c1-17(24(31)28-13-5-6-14-28)33-23(30)12-10-20-25(32)29(16-18-7-3-2-4-8-18)22-11-9-19(26)15-21(22)27-20/h2-4,7-9,11,15,17H,5-6,10,12-14,16H2,1H3/t17-/m1/s1. The predicted molar refractivity (Wildman–Crippen MR) is 126 cm³/mol. The van der Waals surface area contributed by atoms with Crippen LogP contribution < -0.4 is 5.56 Å². The number of esters is 1. The summed E-state index contributed by atoms with van der Waals surface area (Å²) in [5, 5.41) is 0.513. The Morgan fingerprint density at radius 1 is 1.12 bits per heavy atom. The first kappa shape index (κ1) is 23.0. The Kier molecular flexibility index (Phi) is 7.08. The van der Waals surface area contributed by atoms with Gasteiger partial charge in [-0.05, 0) is 43.5 Å². The maximum Gasteiger partial charge on any atom is 0.306 e. The molecule has 1 atom stereocenters. The van der Waals surface area contributed by atoms with Gasteiger partial charge < -0.3 is 14.2 Å². The fourth-order valence-corrected chi connectivity index (χ4v) is 4.25. The number of aryl methyl sites for hydroxylation is 1. The summed E-state index contributed by atoms with van der Waals surface area (Å²) >= 11 is 6.15. The molecule has 1 saturated heterocycles. The third-order valence-electron chi connectivity index (χ3n) is 5.80. The summed E-state index contributed by atoms with van der Waals surface area (Å²) in [5.41, 5.74) is 2.23. The Morgan fingerprint density at radius 2 is 1.85 bits per heavy atom. The summed E-state index contributed by atoms with van der Waals surface area (Å²) in [6.07, 6.45) is 1.17. The quantitative estimate of drug-likeness (QED) is 0.496. The Morgan fingerprint density at radius 3 is 2.58 bits per heavy atom. The van der Waals surface area contributed by atoms with Gasteiger partial charge in [-0.3, -0.25) is 14.4 Å². The van der Waals surface area contributed by atoms with Gasteiger partial charge in [0, 0.05) is 24.5 Å². The molecular weight excluding hydrogens is 442 g/mol. The predicted octanol–water partition coefficient (Wildman–Crippen LogP) is 3.58. The Bertz CT molecular complexity index is 1220. The van der Waals surface area contributed by atoms with Crippen LogP contribution in [0.15, 0.2) is 53.3 Å². The molecule has 0 unspecified atom stereocenters. The molecule has 2 aromatic carbocycles. The average Bonchev–Trinajstić information content (AvgIpc) is 3.35. The fraction of sp³-hybridized carbons (Fsp3) is 0.360. The average molecular weight is 468 g/mol. The molecule has 172 valence electrons. The molecule has 33 heavy (non-hydrogen) atoms. The molecule has 7 nitrogen and oxygen atoms in total. The van der Waals surface area contributed by atoms with Gasteiger partial charge in [-0.25, -0.2) is 4.98 Å². The number of fused-ring (bicyclic) bond motifs is 1. The molecule has 1 aliphatic heterocycles. The van der Waals surface area contributed by atoms with Crippen LogP contribution in [-0.4, -0.2) is 45.5 Å². The Labute approximate surface area is 196 Å². The van der Waals surface area contributed by atoms with Crippen molar-refractivity contribution in [2.24, 2.45) is 0 Å². The number of carbonyl (C=O) groups excluding carboxylic acids is 2. The molecule has 0 N–H and O–H groups in total. The zero-order chi connectivity index (χ0) is 23.4. The van der Waals surface area contributed by atoms with Crippen LogP contribution in [0.3, 0.4) is 0 Å². The van der Waals surface area contributed by atoms with E-state index in [1.165, 1.54) is 0 Å². The summed E-state index contributed by atoms with van der Waals surface area (Å²) in [6, 6.07) is 14.9. The minimum Gasteiger partial charge on any atom is -0.453 e. The lowest BCUT2D eigenvalue weighted by Crippen LogP contribution is -2.38. The molecule has 1 fully saturated rings. The lowest BCUT2D eigenvalue weighted by atomic mass is 10.2. The second kappa shape index (κ2) is 10.2. The van der Waals surface area contributed by atoms with Crippen molar-refractivity contribution in [1.82, 2.24) is 14.5 Å².